The summed E-state index contributed by atoms with van der Waals surface area (Å²) in [6.45, 7) is 0.901. The van der Waals surface area contributed by atoms with Crippen molar-refractivity contribution in [2.45, 2.75) is 35.3 Å². The summed E-state index contributed by atoms with van der Waals surface area (Å²) in [7, 11) is 0. The Labute approximate surface area is 126 Å². The third-order valence-electron chi connectivity index (χ3n) is 3.42. The molecule has 1 aliphatic carbocycles. The average molecular weight is 301 g/mol. The lowest BCUT2D eigenvalue weighted by molar-refractivity contribution is 0.661. The smallest absolute Gasteiger partial charge is 0.194 e. The van der Waals surface area contributed by atoms with Gasteiger partial charge in [0.25, 0.3) is 0 Å². The Balaban J connectivity index is 1.65. The van der Waals surface area contributed by atoms with Crippen LogP contribution < -0.4 is 5.32 Å². The van der Waals surface area contributed by atoms with Crippen LogP contribution in [0.5, 0.6) is 0 Å². The number of fused-ring (bicyclic) bond motifs is 1. The fraction of sp³-hybridized carbons (Fsp3) is 0.267. The molecule has 1 aromatic carbocycles. The van der Waals surface area contributed by atoms with Gasteiger partial charge in [-0.1, -0.05) is 30.0 Å². The summed E-state index contributed by atoms with van der Waals surface area (Å²) in [5.41, 5.74) is 1.28. The number of nitrogens with one attached hydrogen (secondary N) is 1. The molecule has 102 valence electrons. The second-order valence-corrected chi connectivity index (χ2v) is 6.92. The normalized spacial score (nSPS) is 15.0. The van der Waals surface area contributed by atoms with Crippen LogP contribution in [0.4, 0.5) is 0 Å². The van der Waals surface area contributed by atoms with Crippen LogP contribution in [0.1, 0.15) is 18.5 Å². The number of imidazole rings is 1. The Morgan fingerprint density at radius 1 is 1.30 bits per heavy atom. The maximum atomic E-state index is 4.77. The molecular formula is C15H15N3S2. The Bertz CT molecular complexity index is 713. The molecule has 2 heterocycles. The molecule has 0 aliphatic heterocycles. The van der Waals surface area contributed by atoms with E-state index in [1.165, 1.54) is 23.4 Å². The first kappa shape index (κ1) is 12.4. The zero-order chi connectivity index (χ0) is 13.4. The molecule has 1 fully saturated rings. The number of nitrogens with zero attached hydrogens (tertiary/aromatic N) is 2. The van der Waals surface area contributed by atoms with Crippen LogP contribution in [0.25, 0.3) is 4.96 Å². The molecule has 3 aromatic rings. The van der Waals surface area contributed by atoms with Crippen LogP contribution in [0.3, 0.4) is 0 Å². The summed E-state index contributed by atoms with van der Waals surface area (Å²) in [6.07, 6.45) is 4.74. The number of hydrogen-bond acceptors (Lipinski definition) is 4. The Hall–Kier alpha value is -1.30. The van der Waals surface area contributed by atoms with Gasteiger partial charge in [0.1, 0.15) is 5.03 Å². The van der Waals surface area contributed by atoms with Gasteiger partial charge in [-0.25, -0.2) is 4.98 Å². The van der Waals surface area contributed by atoms with E-state index in [2.05, 4.69) is 45.6 Å². The summed E-state index contributed by atoms with van der Waals surface area (Å²) >= 11 is 3.44. The molecule has 0 amide bonds. The van der Waals surface area contributed by atoms with E-state index < -0.39 is 0 Å². The SMILES string of the molecule is c1ccc(Sc2nc3sccn3c2CNC2CC2)cc1. The minimum Gasteiger partial charge on any atom is -0.308 e. The lowest BCUT2D eigenvalue weighted by Gasteiger charge is -2.05. The minimum absolute atomic E-state index is 0.716. The van der Waals surface area contributed by atoms with Gasteiger partial charge >= 0.3 is 0 Å². The van der Waals surface area contributed by atoms with Crippen molar-refractivity contribution in [2.75, 3.05) is 0 Å². The summed E-state index contributed by atoms with van der Waals surface area (Å²) in [5.74, 6) is 0. The average Bonchev–Trinajstić information content (AvgIpc) is 3.09. The van der Waals surface area contributed by atoms with Gasteiger partial charge in [0.15, 0.2) is 4.96 Å². The minimum atomic E-state index is 0.716. The molecule has 0 unspecified atom stereocenters. The largest absolute Gasteiger partial charge is 0.308 e. The molecule has 1 saturated carbocycles. The Morgan fingerprint density at radius 3 is 2.95 bits per heavy atom. The maximum Gasteiger partial charge on any atom is 0.194 e. The van der Waals surface area contributed by atoms with Crippen molar-refractivity contribution < 1.29 is 0 Å². The van der Waals surface area contributed by atoms with Crippen molar-refractivity contribution in [1.29, 1.82) is 0 Å². The van der Waals surface area contributed by atoms with E-state index in [4.69, 9.17) is 4.98 Å². The van der Waals surface area contributed by atoms with E-state index in [1.54, 1.807) is 23.1 Å². The summed E-state index contributed by atoms with van der Waals surface area (Å²) < 4.78 is 2.21. The highest BCUT2D eigenvalue weighted by molar-refractivity contribution is 7.99. The fourth-order valence-electron chi connectivity index (χ4n) is 2.18. The molecular weight excluding hydrogens is 286 g/mol. The van der Waals surface area contributed by atoms with Crippen LogP contribution in [-0.2, 0) is 6.54 Å². The van der Waals surface area contributed by atoms with Gasteiger partial charge in [0.2, 0.25) is 0 Å². The van der Waals surface area contributed by atoms with Crippen molar-refractivity contribution >= 4 is 28.1 Å². The summed E-state index contributed by atoms with van der Waals surface area (Å²) in [5, 5.41) is 6.82. The lowest BCUT2D eigenvalue weighted by Crippen LogP contribution is -2.16. The van der Waals surface area contributed by atoms with Gasteiger partial charge in [0, 0.05) is 29.1 Å². The Morgan fingerprint density at radius 2 is 2.15 bits per heavy atom. The number of rotatable bonds is 5. The quantitative estimate of drug-likeness (QED) is 0.777. The van der Waals surface area contributed by atoms with Crippen LogP contribution in [-0.4, -0.2) is 15.4 Å². The molecule has 0 saturated heterocycles. The molecule has 0 atom stereocenters. The molecule has 0 bridgehead atoms. The molecule has 0 radical (unpaired) electrons. The van der Waals surface area contributed by atoms with Crippen molar-refractivity contribution in [3.8, 4) is 0 Å². The highest BCUT2D eigenvalue weighted by Gasteiger charge is 2.22. The van der Waals surface area contributed by atoms with Gasteiger partial charge in [0.05, 0.1) is 5.69 Å². The Kier molecular flexibility index (Phi) is 3.26. The number of hydrogen-bond donors (Lipinski definition) is 1. The lowest BCUT2D eigenvalue weighted by atomic mass is 10.4. The molecule has 1 aliphatic rings. The first-order chi connectivity index (χ1) is 9.90. The van der Waals surface area contributed by atoms with E-state index >= 15 is 0 Å². The first-order valence-corrected chi connectivity index (χ1v) is 8.50. The second-order valence-electron chi connectivity index (χ2n) is 4.99. The monoisotopic (exact) mass is 301 g/mol. The van der Waals surface area contributed by atoms with Gasteiger partial charge in [-0.2, -0.15) is 0 Å². The van der Waals surface area contributed by atoms with Crippen LogP contribution in [0.2, 0.25) is 0 Å². The van der Waals surface area contributed by atoms with Crippen molar-refractivity contribution in [3.63, 3.8) is 0 Å². The highest BCUT2D eigenvalue weighted by Crippen LogP contribution is 2.32. The predicted molar refractivity (Wildman–Crippen MR) is 83.5 cm³/mol. The zero-order valence-corrected chi connectivity index (χ0v) is 12.6. The standard InChI is InChI=1S/C15H15N3S2/c1-2-4-12(5-3-1)20-14-13(10-16-11-6-7-11)18-8-9-19-15(18)17-14/h1-5,8-9,11,16H,6-7,10H2. The predicted octanol–water partition coefficient (Wildman–Crippen LogP) is 3.80. The second kappa shape index (κ2) is 5.24. The molecule has 5 heteroatoms. The molecule has 4 rings (SSSR count). The summed E-state index contributed by atoms with van der Waals surface area (Å²) in [6, 6.07) is 11.2. The third-order valence-corrected chi connectivity index (χ3v) is 5.20. The zero-order valence-electron chi connectivity index (χ0n) is 11.0. The van der Waals surface area contributed by atoms with Gasteiger partial charge in [-0.05, 0) is 25.0 Å². The van der Waals surface area contributed by atoms with Crippen LogP contribution >= 0.6 is 23.1 Å². The topological polar surface area (TPSA) is 29.3 Å². The molecule has 3 nitrogen and oxygen atoms in total. The van der Waals surface area contributed by atoms with E-state index in [1.807, 2.05) is 6.07 Å². The summed E-state index contributed by atoms with van der Waals surface area (Å²) in [4.78, 5) is 7.09. The van der Waals surface area contributed by atoms with Gasteiger partial charge in [-0.15, -0.1) is 11.3 Å². The highest BCUT2D eigenvalue weighted by atomic mass is 32.2. The number of benzene rings is 1. The molecule has 1 N–H and O–H groups in total. The number of thiazole rings is 1. The molecule has 2 aromatic heterocycles. The van der Waals surface area contributed by atoms with Gasteiger partial charge in [-0.3, -0.25) is 4.40 Å². The van der Waals surface area contributed by atoms with Crippen LogP contribution in [0.15, 0.2) is 51.8 Å². The van der Waals surface area contributed by atoms with Crippen molar-refractivity contribution in [3.05, 3.63) is 47.6 Å². The first-order valence-electron chi connectivity index (χ1n) is 6.81. The fourth-order valence-corrected chi connectivity index (χ4v) is 3.91. The molecule has 0 spiro atoms. The van der Waals surface area contributed by atoms with Crippen LogP contribution in [0, 0.1) is 0 Å². The van der Waals surface area contributed by atoms with Crippen molar-refractivity contribution in [1.82, 2.24) is 14.7 Å². The maximum absolute atomic E-state index is 4.77. The van der Waals surface area contributed by atoms with E-state index in [0.29, 0.717) is 6.04 Å². The van der Waals surface area contributed by atoms with E-state index in [9.17, 15) is 0 Å². The molecule has 20 heavy (non-hydrogen) atoms. The van der Waals surface area contributed by atoms with E-state index in [0.717, 1.165) is 16.5 Å². The van der Waals surface area contributed by atoms with Crippen molar-refractivity contribution in [2.24, 2.45) is 0 Å². The van der Waals surface area contributed by atoms with E-state index in [-0.39, 0.29) is 0 Å². The van der Waals surface area contributed by atoms with Gasteiger partial charge < -0.3 is 5.32 Å². The third kappa shape index (κ3) is 2.49. The number of aromatic nitrogens is 2.